The molecule has 3 heterocycles. The molecule has 1 aliphatic carbocycles. The summed E-state index contributed by atoms with van der Waals surface area (Å²) in [5, 5.41) is 14.7. The number of aliphatic hydroxyl groups excluding tert-OH is 1. The summed E-state index contributed by atoms with van der Waals surface area (Å²) in [5.74, 6) is -0.219. The Morgan fingerprint density at radius 1 is 1.17 bits per heavy atom. The average molecular weight is 422 g/mol. The third-order valence-corrected chi connectivity index (χ3v) is 7.14. The van der Waals surface area contributed by atoms with Gasteiger partial charge in [0.2, 0.25) is 0 Å². The molecule has 0 aliphatic heterocycles. The van der Waals surface area contributed by atoms with Gasteiger partial charge in [-0.3, -0.25) is 9.78 Å². The summed E-state index contributed by atoms with van der Waals surface area (Å²) in [6.45, 7) is 0. The number of pyridine rings is 1. The monoisotopic (exact) mass is 421 g/mol. The van der Waals surface area contributed by atoms with Crippen molar-refractivity contribution in [3.05, 3.63) is 70.3 Å². The highest BCUT2D eigenvalue weighted by Gasteiger charge is 2.30. The fraction of sp³-hybridized carbons (Fsp3) is 0.227. The van der Waals surface area contributed by atoms with Crippen molar-refractivity contribution < 1.29 is 9.90 Å². The summed E-state index contributed by atoms with van der Waals surface area (Å²) in [4.78, 5) is 22.5. The Balaban J connectivity index is 1.41. The van der Waals surface area contributed by atoms with Gasteiger partial charge in [-0.2, -0.15) is 0 Å². The Morgan fingerprint density at radius 3 is 2.72 bits per heavy atom. The number of amides is 1. The van der Waals surface area contributed by atoms with Gasteiger partial charge < -0.3 is 10.4 Å². The molecule has 1 aliphatic rings. The number of benzene rings is 1. The molecule has 1 aromatic carbocycles. The maximum Gasteiger partial charge on any atom is 0.270 e. The minimum absolute atomic E-state index is 0.162. The van der Waals surface area contributed by atoms with Crippen LogP contribution in [0.2, 0.25) is 0 Å². The van der Waals surface area contributed by atoms with Crippen LogP contribution in [0.5, 0.6) is 0 Å². The molecule has 29 heavy (non-hydrogen) atoms. The van der Waals surface area contributed by atoms with Gasteiger partial charge in [0.1, 0.15) is 5.69 Å². The number of hydrogen-bond acceptors (Lipinski definition) is 6. The van der Waals surface area contributed by atoms with Crippen molar-refractivity contribution in [1.29, 1.82) is 0 Å². The molecule has 5 nitrogen and oxygen atoms in total. The molecule has 1 amide bonds. The topological polar surface area (TPSA) is 75.1 Å². The minimum Gasteiger partial charge on any atom is -0.391 e. The van der Waals surface area contributed by atoms with Crippen LogP contribution in [-0.2, 0) is 6.42 Å². The van der Waals surface area contributed by atoms with Gasteiger partial charge in [0.05, 0.1) is 32.8 Å². The summed E-state index contributed by atoms with van der Waals surface area (Å²) < 4.78 is 1.11. The molecular formula is C22H19N3O2S2. The summed E-state index contributed by atoms with van der Waals surface area (Å²) in [6, 6.07) is 12.1. The number of aliphatic hydroxyl groups is 1. The second kappa shape index (κ2) is 7.67. The number of thiophene rings is 1. The van der Waals surface area contributed by atoms with Gasteiger partial charge in [0.25, 0.3) is 5.91 Å². The number of nitrogens with zero attached hydrogens (tertiary/aromatic N) is 2. The maximum atomic E-state index is 12.7. The van der Waals surface area contributed by atoms with Gasteiger partial charge in [0.15, 0.2) is 0 Å². The lowest BCUT2D eigenvalue weighted by atomic mass is 9.89. The highest BCUT2D eigenvalue weighted by atomic mass is 32.1. The van der Waals surface area contributed by atoms with E-state index in [1.54, 1.807) is 22.7 Å². The fourth-order valence-electron chi connectivity index (χ4n) is 3.53. The zero-order valence-electron chi connectivity index (χ0n) is 15.5. The SMILES string of the molecule is O=C(N[C@H]1CC[C@@H]1O)c1cc(Cc2ccc(-c3cncs3)cc2)c2sccc2n1. The molecular weight excluding hydrogens is 402 g/mol. The van der Waals surface area contributed by atoms with Gasteiger partial charge in [0, 0.05) is 6.20 Å². The summed E-state index contributed by atoms with van der Waals surface area (Å²) in [6.07, 6.45) is 3.72. The predicted octanol–water partition coefficient (Wildman–Crippen LogP) is 4.26. The van der Waals surface area contributed by atoms with Crippen LogP contribution in [0.15, 0.2) is 53.5 Å². The average Bonchev–Trinajstić information content (AvgIpc) is 3.43. The molecule has 2 atom stereocenters. The van der Waals surface area contributed by atoms with Crippen molar-refractivity contribution in [1.82, 2.24) is 15.3 Å². The first-order chi connectivity index (χ1) is 14.2. The lowest BCUT2D eigenvalue weighted by Crippen LogP contribution is -2.50. The lowest BCUT2D eigenvalue weighted by Gasteiger charge is -2.32. The zero-order valence-corrected chi connectivity index (χ0v) is 17.2. The van der Waals surface area contributed by atoms with Crippen LogP contribution >= 0.6 is 22.7 Å². The molecule has 146 valence electrons. The highest BCUT2D eigenvalue weighted by molar-refractivity contribution is 7.17. The Bertz CT molecular complexity index is 1150. The van der Waals surface area contributed by atoms with Gasteiger partial charge in [-0.25, -0.2) is 4.98 Å². The van der Waals surface area contributed by atoms with E-state index in [1.165, 1.54) is 5.56 Å². The van der Waals surface area contributed by atoms with Crippen LogP contribution in [-0.4, -0.2) is 33.1 Å². The smallest absolute Gasteiger partial charge is 0.270 e. The van der Waals surface area contributed by atoms with E-state index in [0.29, 0.717) is 5.69 Å². The van der Waals surface area contributed by atoms with Crippen LogP contribution in [0.1, 0.15) is 34.5 Å². The minimum atomic E-state index is -0.444. The van der Waals surface area contributed by atoms with Crippen LogP contribution in [0.25, 0.3) is 20.7 Å². The van der Waals surface area contributed by atoms with E-state index in [2.05, 4.69) is 39.6 Å². The first-order valence-electron chi connectivity index (χ1n) is 9.51. The number of fused-ring (bicyclic) bond motifs is 1. The van der Waals surface area contributed by atoms with Gasteiger partial charge in [-0.05, 0) is 53.5 Å². The van der Waals surface area contributed by atoms with E-state index in [-0.39, 0.29) is 11.9 Å². The molecule has 3 aromatic heterocycles. The molecule has 0 saturated heterocycles. The van der Waals surface area contributed by atoms with Crippen LogP contribution in [0.4, 0.5) is 0 Å². The summed E-state index contributed by atoms with van der Waals surface area (Å²) in [7, 11) is 0. The Kier molecular flexibility index (Phi) is 4.87. The molecule has 7 heteroatoms. The molecule has 1 saturated carbocycles. The quantitative estimate of drug-likeness (QED) is 0.505. The molecule has 4 aromatic rings. The molecule has 0 bridgehead atoms. The zero-order chi connectivity index (χ0) is 19.8. The highest BCUT2D eigenvalue weighted by Crippen LogP contribution is 2.28. The van der Waals surface area contributed by atoms with Crippen LogP contribution in [0, 0.1) is 0 Å². The van der Waals surface area contributed by atoms with Gasteiger partial charge in [-0.15, -0.1) is 22.7 Å². The molecule has 1 fully saturated rings. The van der Waals surface area contributed by atoms with Crippen LogP contribution < -0.4 is 5.32 Å². The van der Waals surface area contributed by atoms with Crippen molar-refractivity contribution >= 4 is 38.8 Å². The lowest BCUT2D eigenvalue weighted by molar-refractivity contribution is 0.0446. The van der Waals surface area contributed by atoms with E-state index in [4.69, 9.17) is 0 Å². The number of thiazole rings is 1. The first kappa shape index (κ1) is 18.4. The van der Waals surface area contributed by atoms with Crippen LogP contribution in [0.3, 0.4) is 0 Å². The number of rotatable bonds is 5. The van der Waals surface area contributed by atoms with E-state index in [9.17, 15) is 9.90 Å². The molecule has 0 spiro atoms. The fourth-order valence-corrected chi connectivity index (χ4v) is 5.01. The van der Waals surface area contributed by atoms with Gasteiger partial charge >= 0.3 is 0 Å². The normalized spacial score (nSPS) is 18.5. The predicted molar refractivity (Wildman–Crippen MR) is 116 cm³/mol. The van der Waals surface area contributed by atoms with E-state index in [0.717, 1.165) is 45.5 Å². The largest absolute Gasteiger partial charge is 0.391 e. The van der Waals surface area contributed by atoms with Gasteiger partial charge in [-0.1, -0.05) is 24.3 Å². The molecule has 5 rings (SSSR count). The second-order valence-electron chi connectivity index (χ2n) is 7.27. The second-order valence-corrected chi connectivity index (χ2v) is 9.07. The molecule has 0 radical (unpaired) electrons. The Labute approximate surface area is 176 Å². The van der Waals surface area contributed by atoms with Crippen molar-refractivity contribution in [2.24, 2.45) is 0 Å². The number of nitrogens with one attached hydrogen (secondary N) is 1. The maximum absolute atomic E-state index is 12.7. The molecule has 0 unspecified atom stereocenters. The Morgan fingerprint density at radius 2 is 2.03 bits per heavy atom. The van der Waals surface area contributed by atoms with Crippen molar-refractivity contribution in [2.75, 3.05) is 0 Å². The first-order valence-corrected chi connectivity index (χ1v) is 11.3. The summed E-state index contributed by atoms with van der Waals surface area (Å²) in [5.41, 5.74) is 6.52. The number of hydrogen-bond donors (Lipinski definition) is 2. The third-order valence-electron chi connectivity index (χ3n) is 5.34. The number of carbonyl (C=O) groups excluding carboxylic acids is 1. The van der Waals surface area contributed by atoms with Crippen molar-refractivity contribution in [3.63, 3.8) is 0 Å². The third kappa shape index (κ3) is 3.69. The summed E-state index contributed by atoms with van der Waals surface area (Å²) >= 11 is 3.27. The number of carbonyl (C=O) groups is 1. The standard InChI is InChI=1S/C22H19N3O2S2/c26-19-6-5-16(19)25-22(27)18-10-15(21-17(24-18)7-8-28-21)9-13-1-3-14(4-2-13)20-11-23-12-29-20/h1-4,7-8,10-12,16,19,26H,5-6,9H2,(H,25,27)/t16-,19-/m0/s1. The van der Waals surface area contributed by atoms with Crippen molar-refractivity contribution in [2.45, 2.75) is 31.4 Å². The number of aromatic nitrogens is 2. The van der Waals surface area contributed by atoms with Crippen molar-refractivity contribution in [3.8, 4) is 10.4 Å². The van der Waals surface area contributed by atoms with E-state index in [1.807, 2.05) is 29.2 Å². The van der Waals surface area contributed by atoms with E-state index >= 15 is 0 Å². The Hall–Kier alpha value is -2.61. The van der Waals surface area contributed by atoms with E-state index < -0.39 is 6.10 Å². The molecule has 2 N–H and O–H groups in total.